The van der Waals surface area contributed by atoms with Crippen molar-refractivity contribution in [2.24, 2.45) is 11.8 Å². The zero-order valence-electron chi connectivity index (χ0n) is 11.3. The van der Waals surface area contributed by atoms with Gasteiger partial charge in [-0.25, -0.2) is 0 Å². The third-order valence-corrected chi connectivity index (χ3v) is 4.63. The van der Waals surface area contributed by atoms with Gasteiger partial charge in [0.15, 0.2) is 5.75 Å². The highest BCUT2D eigenvalue weighted by Gasteiger charge is 2.38. The lowest BCUT2D eigenvalue weighted by Gasteiger charge is -2.23. The quantitative estimate of drug-likeness (QED) is 0.862. The molecule has 20 heavy (non-hydrogen) atoms. The van der Waals surface area contributed by atoms with Crippen LogP contribution in [0.15, 0.2) is 18.2 Å². The van der Waals surface area contributed by atoms with Crippen molar-refractivity contribution in [3.63, 3.8) is 0 Å². The number of halogens is 3. The van der Waals surface area contributed by atoms with Crippen molar-refractivity contribution in [3.8, 4) is 5.75 Å². The van der Waals surface area contributed by atoms with Gasteiger partial charge in [0.1, 0.15) is 0 Å². The molecule has 1 aromatic rings. The summed E-state index contributed by atoms with van der Waals surface area (Å²) in [6, 6.07) is 4.95. The highest BCUT2D eigenvalue weighted by Crippen LogP contribution is 2.48. The lowest BCUT2D eigenvalue weighted by atomic mass is 9.81. The summed E-state index contributed by atoms with van der Waals surface area (Å²) in [6.45, 7) is 2.95. The second kappa shape index (κ2) is 4.86. The number of rotatable bonds is 2. The van der Waals surface area contributed by atoms with Gasteiger partial charge in [0.2, 0.25) is 0 Å². The first-order chi connectivity index (χ1) is 9.46. The van der Waals surface area contributed by atoms with Crippen LogP contribution in [0.2, 0.25) is 0 Å². The number of ether oxygens (including phenoxy) is 1. The maximum Gasteiger partial charge on any atom is 0.573 e. The van der Waals surface area contributed by atoms with Crippen LogP contribution in [0.1, 0.15) is 37.7 Å². The molecule has 5 heteroatoms. The Balaban J connectivity index is 1.89. The summed E-state index contributed by atoms with van der Waals surface area (Å²) in [4.78, 5) is 0. The van der Waals surface area contributed by atoms with Crippen molar-refractivity contribution in [3.05, 3.63) is 23.8 Å². The smallest absolute Gasteiger partial charge is 0.404 e. The molecule has 1 aliphatic heterocycles. The predicted molar refractivity (Wildman–Crippen MR) is 70.9 cm³/mol. The van der Waals surface area contributed by atoms with E-state index in [-0.39, 0.29) is 5.75 Å². The fourth-order valence-electron chi connectivity index (χ4n) is 3.73. The van der Waals surface area contributed by atoms with E-state index < -0.39 is 6.36 Å². The van der Waals surface area contributed by atoms with Crippen molar-refractivity contribution < 1.29 is 17.9 Å². The van der Waals surface area contributed by atoms with Crippen LogP contribution < -0.4 is 10.1 Å². The van der Waals surface area contributed by atoms with Gasteiger partial charge in [-0.15, -0.1) is 13.2 Å². The summed E-state index contributed by atoms with van der Waals surface area (Å²) in [5.74, 6) is 1.40. The molecule has 1 fully saturated rings. The Hall–Kier alpha value is -1.39. The molecule has 0 aromatic heterocycles. The Morgan fingerprint density at radius 2 is 2.05 bits per heavy atom. The van der Waals surface area contributed by atoms with Gasteiger partial charge in [0.25, 0.3) is 0 Å². The molecule has 1 heterocycles. The highest BCUT2D eigenvalue weighted by atomic mass is 19.4. The Morgan fingerprint density at radius 1 is 1.25 bits per heavy atom. The first kappa shape index (κ1) is 13.6. The minimum atomic E-state index is -4.64. The summed E-state index contributed by atoms with van der Waals surface area (Å²) in [5.41, 5.74) is 1.50. The largest absolute Gasteiger partial charge is 0.573 e. The Kier molecular flexibility index (Phi) is 3.30. The normalized spacial score (nSPS) is 29.1. The SMILES string of the molecule is CC1CCCC1C1CNc2c(OC(F)(F)F)cccc21. The van der Waals surface area contributed by atoms with E-state index in [1.807, 2.05) is 6.07 Å². The number of alkyl halides is 3. The van der Waals surface area contributed by atoms with E-state index in [0.717, 1.165) is 12.0 Å². The highest BCUT2D eigenvalue weighted by molar-refractivity contribution is 5.67. The van der Waals surface area contributed by atoms with Crippen LogP contribution in [0.5, 0.6) is 5.75 Å². The maximum atomic E-state index is 12.4. The van der Waals surface area contributed by atoms with Crippen molar-refractivity contribution in [2.75, 3.05) is 11.9 Å². The van der Waals surface area contributed by atoms with Gasteiger partial charge in [-0.05, 0) is 29.9 Å². The Labute approximate surface area is 116 Å². The molecule has 1 N–H and O–H groups in total. The van der Waals surface area contributed by atoms with Crippen LogP contribution in [0, 0.1) is 11.8 Å². The molecule has 0 radical (unpaired) electrons. The molecule has 0 spiro atoms. The molecule has 3 unspecified atom stereocenters. The van der Waals surface area contributed by atoms with E-state index in [0.29, 0.717) is 30.0 Å². The average molecular weight is 285 g/mol. The standard InChI is InChI=1S/C15H18F3NO/c1-9-4-2-5-10(9)12-8-19-14-11(12)6-3-7-13(14)20-15(16,17)18/h3,6-7,9-10,12,19H,2,4-5,8H2,1H3. The molecular weight excluding hydrogens is 267 g/mol. The molecule has 0 saturated heterocycles. The van der Waals surface area contributed by atoms with Gasteiger partial charge in [-0.1, -0.05) is 31.9 Å². The zero-order valence-corrected chi connectivity index (χ0v) is 11.3. The number of para-hydroxylation sites is 1. The number of hydrogen-bond donors (Lipinski definition) is 1. The fraction of sp³-hybridized carbons (Fsp3) is 0.600. The van der Waals surface area contributed by atoms with E-state index in [4.69, 9.17) is 0 Å². The van der Waals surface area contributed by atoms with Gasteiger partial charge in [-0.3, -0.25) is 0 Å². The van der Waals surface area contributed by atoms with Crippen molar-refractivity contribution in [1.82, 2.24) is 0 Å². The van der Waals surface area contributed by atoms with Crippen LogP contribution in [-0.4, -0.2) is 12.9 Å². The number of hydrogen-bond acceptors (Lipinski definition) is 2. The molecule has 3 atom stereocenters. The number of nitrogens with one attached hydrogen (secondary N) is 1. The third kappa shape index (κ3) is 2.45. The van der Waals surface area contributed by atoms with Crippen LogP contribution in [0.3, 0.4) is 0 Å². The second-order valence-electron chi connectivity index (χ2n) is 5.83. The van der Waals surface area contributed by atoms with Crippen molar-refractivity contribution in [2.45, 2.75) is 38.5 Å². The molecule has 0 amide bonds. The minimum absolute atomic E-state index is 0.108. The third-order valence-electron chi connectivity index (χ3n) is 4.63. The molecule has 1 saturated carbocycles. The predicted octanol–water partition coefficient (Wildman–Crippen LogP) is 4.53. The summed E-state index contributed by atoms with van der Waals surface area (Å²) >= 11 is 0. The van der Waals surface area contributed by atoms with Crippen LogP contribution in [0.25, 0.3) is 0 Å². The topological polar surface area (TPSA) is 21.3 Å². The van der Waals surface area contributed by atoms with Crippen LogP contribution in [-0.2, 0) is 0 Å². The van der Waals surface area contributed by atoms with Crippen molar-refractivity contribution in [1.29, 1.82) is 0 Å². The first-order valence-corrected chi connectivity index (χ1v) is 7.08. The average Bonchev–Trinajstić information content (AvgIpc) is 2.93. The molecule has 2 aliphatic rings. The van der Waals surface area contributed by atoms with Crippen LogP contribution in [0.4, 0.5) is 18.9 Å². The maximum absolute atomic E-state index is 12.4. The van der Waals surface area contributed by atoms with Gasteiger partial charge < -0.3 is 10.1 Å². The van der Waals surface area contributed by atoms with Gasteiger partial charge in [-0.2, -0.15) is 0 Å². The molecular formula is C15H18F3NO. The van der Waals surface area contributed by atoms with E-state index in [1.165, 1.54) is 18.9 Å². The van der Waals surface area contributed by atoms with Gasteiger partial charge in [0.05, 0.1) is 5.69 Å². The Bertz CT molecular complexity index is 500. The second-order valence-corrected chi connectivity index (χ2v) is 5.83. The molecule has 1 aliphatic carbocycles. The molecule has 2 nitrogen and oxygen atoms in total. The molecule has 0 bridgehead atoms. The molecule has 3 rings (SSSR count). The number of anilines is 1. The lowest BCUT2D eigenvalue weighted by Crippen LogP contribution is -2.17. The Morgan fingerprint density at radius 3 is 2.70 bits per heavy atom. The molecule has 1 aromatic carbocycles. The number of fused-ring (bicyclic) bond motifs is 1. The first-order valence-electron chi connectivity index (χ1n) is 7.08. The lowest BCUT2D eigenvalue weighted by molar-refractivity contribution is -0.274. The van der Waals surface area contributed by atoms with Crippen LogP contribution >= 0.6 is 0 Å². The summed E-state index contributed by atoms with van der Waals surface area (Å²) in [7, 11) is 0. The summed E-state index contributed by atoms with van der Waals surface area (Å²) in [6.07, 6.45) is -1.04. The minimum Gasteiger partial charge on any atom is -0.404 e. The zero-order chi connectivity index (χ0) is 14.3. The number of benzene rings is 1. The van der Waals surface area contributed by atoms with E-state index in [9.17, 15) is 13.2 Å². The summed E-state index contributed by atoms with van der Waals surface area (Å²) < 4.78 is 41.4. The van der Waals surface area contributed by atoms with Gasteiger partial charge >= 0.3 is 6.36 Å². The van der Waals surface area contributed by atoms with Crippen molar-refractivity contribution >= 4 is 5.69 Å². The van der Waals surface area contributed by atoms with E-state index in [1.54, 1.807) is 6.07 Å². The monoisotopic (exact) mass is 285 g/mol. The van der Waals surface area contributed by atoms with E-state index in [2.05, 4.69) is 17.0 Å². The van der Waals surface area contributed by atoms with E-state index >= 15 is 0 Å². The molecule has 110 valence electrons. The van der Waals surface area contributed by atoms with Gasteiger partial charge in [0, 0.05) is 12.5 Å². The summed E-state index contributed by atoms with van der Waals surface area (Å²) in [5, 5.41) is 3.11. The fourth-order valence-corrected chi connectivity index (χ4v) is 3.73.